The number of nitrogens with zero attached hydrogens (tertiary/aromatic N) is 1. The zero-order valence-corrected chi connectivity index (χ0v) is 40.6. The molecule has 1 aromatic rings. The maximum absolute atomic E-state index is 13.2. The molecular weight excluding hydrogens is 907 g/mol. The molecule has 3 atom stereocenters. The number of carboxylic acids is 1. The Morgan fingerprint density at radius 1 is 0.623 bits per heavy atom. The number of carbonyl (C=O) groups is 6. The highest BCUT2D eigenvalue weighted by Gasteiger charge is 2.33. The summed E-state index contributed by atoms with van der Waals surface area (Å²) >= 11 is 0. The van der Waals surface area contributed by atoms with E-state index in [1.54, 1.807) is 44.6 Å². The highest BCUT2D eigenvalue weighted by atomic mass is 16.6. The summed E-state index contributed by atoms with van der Waals surface area (Å²) in [5.41, 5.74) is 6.89. The summed E-state index contributed by atoms with van der Waals surface area (Å²) in [5.74, 6) is -3.89. The molecule has 394 valence electrons. The lowest BCUT2D eigenvalue weighted by Crippen LogP contribution is -2.52. The number of hydrogen-bond donors (Lipinski definition) is 7. The predicted molar refractivity (Wildman–Crippen MR) is 251 cm³/mol. The standard InChI is InChI=1S/C46H79N7O16/c1-61-18-20-65-26-28-67-24-22-63-16-14-53(15-17-64-23-25-68-29-27-66-21-19-62-2)13-7-6-10-38(47)45(59)49-32-41(54)48-34-43(56)52-39(30-36-8-4-3-5-9-36)46(60)50-33-42(55)51-35-69-40(31-44(57)58)37-11-12-37/h3-5,8-9,37-40H,6-7,10-35,47H2,1-2H3,(H,48,54)(H,49,59)(H,50,60)(H,51,55)(H,52,56)(H,57,58)/t38-,39-,40-/m0/s1. The van der Waals surface area contributed by atoms with Gasteiger partial charge in [0.15, 0.2) is 0 Å². The average molecular weight is 986 g/mol. The van der Waals surface area contributed by atoms with Gasteiger partial charge in [0.25, 0.3) is 0 Å². The second-order valence-electron chi connectivity index (χ2n) is 16.0. The second kappa shape index (κ2) is 40.3. The van der Waals surface area contributed by atoms with Crippen molar-refractivity contribution in [2.24, 2.45) is 11.7 Å². The quantitative estimate of drug-likeness (QED) is 0.0292. The summed E-state index contributed by atoms with van der Waals surface area (Å²) in [7, 11) is 3.24. The minimum absolute atomic E-state index is 0.0943. The number of carboxylic acid groups (broad SMARTS) is 1. The lowest BCUT2D eigenvalue weighted by Gasteiger charge is -2.22. The van der Waals surface area contributed by atoms with E-state index < -0.39 is 73.3 Å². The maximum Gasteiger partial charge on any atom is 0.305 e. The van der Waals surface area contributed by atoms with E-state index in [0.29, 0.717) is 125 Å². The molecule has 2 rings (SSSR count). The first kappa shape index (κ1) is 60.7. The number of ether oxygens (including phenoxy) is 9. The summed E-state index contributed by atoms with van der Waals surface area (Å²) in [5, 5.41) is 21.6. The number of carbonyl (C=O) groups excluding carboxylic acids is 5. The highest BCUT2D eigenvalue weighted by molar-refractivity contribution is 5.93. The second-order valence-corrected chi connectivity index (χ2v) is 16.0. The predicted octanol–water partition coefficient (Wildman–Crippen LogP) is -1.40. The third-order valence-corrected chi connectivity index (χ3v) is 10.3. The molecule has 0 aromatic heterocycles. The van der Waals surface area contributed by atoms with Crippen LogP contribution < -0.4 is 32.3 Å². The van der Waals surface area contributed by atoms with Crippen molar-refractivity contribution < 1.29 is 76.5 Å². The van der Waals surface area contributed by atoms with Crippen molar-refractivity contribution in [2.75, 3.05) is 153 Å². The Kier molecular flexibility index (Phi) is 35.5. The van der Waals surface area contributed by atoms with E-state index in [9.17, 15) is 28.8 Å². The molecule has 0 saturated heterocycles. The van der Waals surface area contributed by atoms with Crippen LogP contribution in [0.2, 0.25) is 0 Å². The molecule has 1 aliphatic rings. The first-order chi connectivity index (χ1) is 33.5. The van der Waals surface area contributed by atoms with Crippen molar-refractivity contribution in [3.8, 4) is 0 Å². The molecule has 0 radical (unpaired) electrons. The Labute approximate surface area is 406 Å². The molecule has 0 bridgehead atoms. The van der Waals surface area contributed by atoms with Crippen molar-refractivity contribution in [3.63, 3.8) is 0 Å². The van der Waals surface area contributed by atoms with E-state index in [2.05, 4.69) is 31.5 Å². The van der Waals surface area contributed by atoms with Crippen LogP contribution >= 0.6 is 0 Å². The highest BCUT2D eigenvalue weighted by Crippen LogP contribution is 2.35. The van der Waals surface area contributed by atoms with Gasteiger partial charge in [0, 0.05) is 33.7 Å². The Morgan fingerprint density at radius 2 is 1.12 bits per heavy atom. The molecule has 1 saturated carbocycles. The summed E-state index contributed by atoms with van der Waals surface area (Å²) in [4.78, 5) is 77.1. The van der Waals surface area contributed by atoms with E-state index >= 15 is 0 Å². The van der Waals surface area contributed by atoms with Crippen molar-refractivity contribution in [2.45, 2.75) is 63.1 Å². The van der Waals surface area contributed by atoms with Crippen molar-refractivity contribution in [3.05, 3.63) is 35.9 Å². The number of aliphatic carboxylic acids is 1. The minimum Gasteiger partial charge on any atom is -0.481 e. The first-order valence-corrected chi connectivity index (χ1v) is 23.7. The van der Waals surface area contributed by atoms with Gasteiger partial charge in [-0.25, -0.2) is 0 Å². The van der Waals surface area contributed by atoms with Crippen LogP contribution in [0.3, 0.4) is 0 Å². The summed E-state index contributed by atoms with van der Waals surface area (Å²) in [6, 6.07) is 6.95. The molecule has 1 aliphatic carbocycles. The minimum atomic E-state index is -1.09. The molecule has 1 aromatic carbocycles. The van der Waals surface area contributed by atoms with Crippen LogP contribution in [0, 0.1) is 5.92 Å². The Morgan fingerprint density at radius 3 is 1.64 bits per heavy atom. The van der Waals surface area contributed by atoms with Gasteiger partial charge < -0.3 is 80.1 Å². The number of unbranched alkanes of at least 4 members (excludes halogenated alkanes) is 1. The van der Waals surface area contributed by atoms with Crippen LogP contribution in [0.25, 0.3) is 0 Å². The summed E-state index contributed by atoms with van der Waals surface area (Å²) < 4.78 is 48.9. The zero-order chi connectivity index (χ0) is 50.2. The molecule has 23 nitrogen and oxygen atoms in total. The van der Waals surface area contributed by atoms with Gasteiger partial charge >= 0.3 is 5.97 Å². The van der Waals surface area contributed by atoms with Gasteiger partial charge in [0.1, 0.15) is 12.8 Å². The summed E-state index contributed by atoms with van der Waals surface area (Å²) in [6.07, 6.45) is 2.91. The molecular formula is C46H79N7O16. The normalized spacial score (nSPS) is 13.6. The fourth-order valence-corrected chi connectivity index (χ4v) is 6.35. The molecule has 8 N–H and O–H groups in total. The van der Waals surface area contributed by atoms with Gasteiger partial charge in [-0.1, -0.05) is 36.8 Å². The van der Waals surface area contributed by atoms with Crippen LogP contribution in [0.1, 0.15) is 44.1 Å². The average Bonchev–Trinajstić information content (AvgIpc) is 4.19. The largest absolute Gasteiger partial charge is 0.481 e. The Balaban J connectivity index is 1.71. The van der Waals surface area contributed by atoms with Gasteiger partial charge in [-0.3, -0.25) is 33.7 Å². The van der Waals surface area contributed by atoms with Crippen LogP contribution in [0.4, 0.5) is 0 Å². The number of hydrogen-bond acceptors (Lipinski definition) is 17. The number of amides is 5. The smallest absolute Gasteiger partial charge is 0.305 e. The molecule has 0 unspecified atom stereocenters. The fourth-order valence-electron chi connectivity index (χ4n) is 6.35. The molecule has 1 fully saturated rings. The third-order valence-electron chi connectivity index (χ3n) is 10.3. The zero-order valence-electron chi connectivity index (χ0n) is 40.6. The first-order valence-electron chi connectivity index (χ1n) is 23.7. The SMILES string of the molecule is COCCOCCOCCOCCN(CCCC[C@H](N)C(=O)NCC(=O)NCC(=O)N[C@@H](Cc1ccccc1)C(=O)NCC(=O)NCO[C@@H](CC(=O)O)C1CC1)CCOCCOCCOCCOC. The maximum atomic E-state index is 13.2. The molecule has 69 heavy (non-hydrogen) atoms. The monoisotopic (exact) mass is 986 g/mol. The summed E-state index contributed by atoms with van der Waals surface area (Å²) in [6.45, 7) is 7.30. The third kappa shape index (κ3) is 33.7. The van der Waals surface area contributed by atoms with Crippen LogP contribution in [0.5, 0.6) is 0 Å². The van der Waals surface area contributed by atoms with Gasteiger partial charge in [0.05, 0.1) is 131 Å². The number of nitrogens with two attached hydrogens (primary N) is 1. The molecule has 0 spiro atoms. The lowest BCUT2D eigenvalue weighted by atomic mass is 10.1. The Hall–Kier alpha value is -4.40. The van der Waals surface area contributed by atoms with Crippen molar-refractivity contribution in [1.29, 1.82) is 0 Å². The van der Waals surface area contributed by atoms with E-state index in [-0.39, 0.29) is 25.5 Å². The molecule has 5 amide bonds. The van der Waals surface area contributed by atoms with E-state index in [0.717, 1.165) is 24.8 Å². The number of nitrogens with one attached hydrogen (secondary N) is 5. The lowest BCUT2D eigenvalue weighted by molar-refractivity contribution is -0.141. The fraction of sp³-hybridized carbons (Fsp3) is 0.739. The van der Waals surface area contributed by atoms with E-state index in [4.69, 9.17) is 53.5 Å². The molecule has 23 heteroatoms. The Bertz CT molecular complexity index is 1520. The van der Waals surface area contributed by atoms with Crippen LogP contribution in [-0.4, -0.2) is 216 Å². The molecule has 0 aliphatic heterocycles. The van der Waals surface area contributed by atoms with Gasteiger partial charge in [0.2, 0.25) is 29.5 Å². The number of benzene rings is 1. The topological polar surface area (TPSA) is 295 Å². The van der Waals surface area contributed by atoms with Crippen LogP contribution in [-0.2, 0) is 77.8 Å². The van der Waals surface area contributed by atoms with Crippen LogP contribution in [0.15, 0.2) is 30.3 Å². The van der Waals surface area contributed by atoms with Gasteiger partial charge in [-0.2, -0.15) is 0 Å². The van der Waals surface area contributed by atoms with Crippen molar-refractivity contribution >= 4 is 35.5 Å². The molecule has 0 heterocycles. The van der Waals surface area contributed by atoms with Crippen molar-refractivity contribution in [1.82, 2.24) is 31.5 Å². The van der Waals surface area contributed by atoms with Gasteiger partial charge in [-0.05, 0) is 43.7 Å². The van der Waals surface area contributed by atoms with E-state index in [1.807, 2.05) is 0 Å². The number of methoxy groups -OCH3 is 2. The van der Waals surface area contributed by atoms with E-state index in [1.165, 1.54) is 0 Å². The number of rotatable bonds is 46. The van der Waals surface area contributed by atoms with Gasteiger partial charge in [-0.15, -0.1) is 0 Å².